The Morgan fingerprint density at radius 3 is 2.93 bits per heavy atom. The van der Waals surface area contributed by atoms with Crippen molar-refractivity contribution >= 4 is 16.8 Å². The topological polar surface area (TPSA) is 83.9 Å². The largest absolute Gasteiger partial charge is 0.376 e. The normalized spacial score (nSPS) is 17.1. The van der Waals surface area contributed by atoms with Gasteiger partial charge in [-0.2, -0.15) is 5.10 Å². The molecule has 8 heteroatoms. The molecule has 0 bridgehead atoms. The van der Waals surface area contributed by atoms with Gasteiger partial charge >= 0.3 is 0 Å². The average molecular weight is 369 g/mol. The number of fused-ring (bicyclic) bond motifs is 1. The van der Waals surface area contributed by atoms with Crippen molar-refractivity contribution in [2.75, 3.05) is 6.61 Å². The van der Waals surface area contributed by atoms with Crippen LogP contribution in [0.25, 0.3) is 11.0 Å². The third-order valence-corrected chi connectivity index (χ3v) is 5.32. The minimum absolute atomic E-state index is 0.0408. The molecule has 8 nitrogen and oxygen atoms in total. The van der Waals surface area contributed by atoms with Crippen molar-refractivity contribution in [2.45, 2.75) is 45.9 Å². The van der Waals surface area contributed by atoms with Crippen molar-refractivity contribution in [1.29, 1.82) is 0 Å². The zero-order valence-electron chi connectivity index (χ0n) is 15.8. The maximum atomic E-state index is 12.9. The lowest BCUT2D eigenvalue weighted by Crippen LogP contribution is -2.25. The van der Waals surface area contributed by atoms with Gasteiger partial charge in [-0.25, -0.2) is 4.98 Å². The lowest BCUT2D eigenvalue weighted by Gasteiger charge is -2.14. The Balaban J connectivity index is 1.60. The second-order valence-electron chi connectivity index (χ2n) is 7.14. The number of aryl methyl sites for hydroxylation is 2. The first-order chi connectivity index (χ1) is 13.0. The Labute approximate surface area is 156 Å². The van der Waals surface area contributed by atoms with Gasteiger partial charge < -0.3 is 9.30 Å². The minimum atomic E-state index is -0.255. The fourth-order valence-electron chi connectivity index (χ4n) is 3.78. The summed E-state index contributed by atoms with van der Waals surface area (Å²) in [5.41, 5.74) is 2.84. The summed E-state index contributed by atoms with van der Waals surface area (Å²) in [4.78, 5) is 29.7. The van der Waals surface area contributed by atoms with E-state index in [-0.39, 0.29) is 24.0 Å². The van der Waals surface area contributed by atoms with E-state index in [4.69, 9.17) is 4.74 Å². The second kappa shape index (κ2) is 6.77. The molecular weight excluding hydrogens is 346 g/mol. The molecule has 0 saturated carbocycles. The molecule has 27 heavy (non-hydrogen) atoms. The van der Waals surface area contributed by atoms with Crippen LogP contribution in [0.2, 0.25) is 0 Å². The second-order valence-corrected chi connectivity index (χ2v) is 7.14. The van der Waals surface area contributed by atoms with Crippen molar-refractivity contribution in [3.05, 3.63) is 45.9 Å². The van der Waals surface area contributed by atoms with Gasteiger partial charge in [0.25, 0.3) is 5.56 Å². The summed E-state index contributed by atoms with van der Waals surface area (Å²) in [5.74, 6) is -0.103. The number of hydrogen-bond donors (Lipinski definition) is 0. The zero-order chi connectivity index (χ0) is 19.1. The van der Waals surface area contributed by atoms with Gasteiger partial charge in [0.05, 0.1) is 18.8 Å². The van der Waals surface area contributed by atoms with E-state index in [0.29, 0.717) is 16.6 Å². The summed E-state index contributed by atoms with van der Waals surface area (Å²) in [5, 5.41) is 4.47. The molecule has 1 aliphatic heterocycles. The van der Waals surface area contributed by atoms with E-state index in [1.54, 1.807) is 11.7 Å². The van der Waals surface area contributed by atoms with E-state index in [0.717, 1.165) is 37.4 Å². The van der Waals surface area contributed by atoms with Gasteiger partial charge in [0.1, 0.15) is 11.7 Å². The lowest BCUT2D eigenvalue weighted by molar-refractivity contribution is 0.0948. The van der Waals surface area contributed by atoms with Crippen LogP contribution in [0, 0.1) is 13.8 Å². The third-order valence-electron chi connectivity index (χ3n) is 5.32. The highest BCUT2D eigenvalue weighted by molar-refractivity contribution is 5.97. The van der Waals surface area contributed by atoms with E-state index in [1.165, 1.54) is 17.1 Å². The molecule has 1 atom stereocenters. The first kappa shape index (κ1) is 17.7. The number of ether oxygens (including phenoxy) is 1. The summed E-state index contributed by atoms with van der Waals surface area (Å²) in [7, 11) is 1.73. The summed E-state index contributed by atoms with van der Waals surface area (Å²) < 4.78 is 10.7. The van der Waals surface area contributed by atoms with Gasteiger partial charge in [-0.15, -0.1) is 0 Å². The van der Waals surface area contributed by atoms with E-state index < -0.39 is 0 Å². The summed E-state index contributed by atoms with van der Waals surface area (Å²) >= 11 is 0. The molecule has 142 valence electrons. The molecule has 0 amide bonds. The van der Waals surface area contributed by atoms with Crippen molar-refractivity contribution < 1.29 is 9.53 Å². The van der Waals surface area contributed by atoms with Gasteiger partial charge in [-0.3, -0.25) is 18.8 Å². The number of ketones is 1. The Morgan fingerprint density at radius 1 is 1.37 bits per heavy atom. The van der Waals surface area contributed by atoms with Gasteiger partial charge in [0.2, 0.25) is 0 Å². The van der Waals surface area contributed by atoms with E-state index >= 15 is 0 Å². The highest BCUT2D eigenvalue weighted by Crippen LogP contribution is 2.21. The van der Waals surface area contributed by atoms with Crippen LogP contribution in [0.1, 0.15) is 34.6 Å². The third kappa shape index (κ3) is 3.10. The van der Waals surface area contributed by atoms with Gasteiger partial charge in [0, 0.05) is 37.2 Å². The van der Waals surface area contributed by atoms with Crippen LogP contribution in [-0.4, -0.2) is 42.4 Å². The molecule has 0 unspecified atom stereocenters. The number of rotatable bonds is 5. The molecule has 1 saturated heterocycles. The van der Waals surface area contributed by atoms with Crippen LogP contribution in [0.3, 0.4) is 0 Å². The molecule has 3 aromatic heterocycles. The molecule has 0 aliphatic carbocycles. The summed E-state index contributed by atoms with van der Waals surface area (Å²) in [6.07, 6.45) is 5.24. The molecule has 1 fully saturated rings. The Morgan fingerprint density at radius 2 is 2.19 bits per heavy atom. The SMILES string of the molecule is Cc1cc(C(=O)Cn2cnc3c(cnn3C)c2=O)c(C)n1C[C@H]1CCCO1. The highest BCUT2D eigenvalue weighted by atomic mass is 16.5. The first-order valence-corrected chi connectivity index (χ1v) is 9.14. The molecule has 4 heterocycles. The number of carbonyl (C=O) groups excluding carboxylic acids is 1. The first-order valence-electron chi connectivity index (χ1n) is 9.14. The predicted molar refractivity (Wildman–Crippen MR) is 100.0 cm³/mol. The van der Waals surface area contributed by atoms with Crippen molar-refractivity contribution in [3.63, 3.8) is 0 Å². The molecule has 0 radical (unpaired) electrons. The molecule has 0 spiro atoms. The average Bonchev–Trinajstić information content (AvgIpc) is 3.35. The van der Waals surface area contributed by atoms with E-state index in [1.807, 2.05) is 19.9 Å². The lowest BCUT2D eigenvalue weighted by atomic mass is 10.1. The van der Waals surface area contributed by atoms with Gasteiger partial charge in [0.15, 0.2) is 11.4 Å². The molecular formula is C19H23N5O3. The molecule has 3 aromatic rings. The number of Topliss-reactive ketones (excluding diaryl/α,β-unsaturated/α-hetero) is 1. The monoisotopic (exact) mass is 369 g/mol. The fourth-order valence-corrected chi connectivity index (χ4v) is 3.78. The Kier molecular flexibility index (Phi) is 4.43. The highest BCUT2D eigenvalue weighted by Gasteiger charge is 2.21. The van der Waals surface area contributed by atoms with Crippen LogP contribution >= 0.6 is 0 Å². The summed E-state index contributed by atoms with van der Waals surface area (Å²) in [6, 6.07) is 1.90. The molecule has 0 N–H and O–H groups in total. The number of aromatic nitrogens is 5. The zero-order valence-corrected chi connectivity index (χ0v) is 15.8. The van der Waals surface area contributed by atoms with Crippen LogP contribution < -0.4 is 5.56 Å². The minimum Gasteiger partial charge on any atom is -0.376 e. The Hall–Kier alpha value is -2.74. The van der Waals surface area contributed by atoms with Gasteiger partial charge in [-0.1, -0.05) is 0 Å². The van der Waals surface area contributed by atoms with Crippen LogP contribution in [-0.2, 0) is 24.9 Å². The van der Waals surface area contributed by atoms with Crippen molar-refractivity contribution in [3.8, 4) is 0 Å². The van der Waals surface area contributed by atoms with E-state index in [2.05, 4.69) is 14.6 Å². The van der Waals surface area contributed by atoms with Gasteiger partial charge in [-0.05, 0) is 32.8 Å². The maximum absolute atomic E-state index is 12.9. The van der Waals surface area contributed by atoms with Crippen LogP contribution in [0.5, 0.6) is 0 Å². The molecule has 4 rings (SSSR count). The summed E-state index contributed by atoms with van der Waals surface area (Å²) in [6.45, 7) is 5.46. The van der Waals surface area contributed by atoms with Crippen molar-refractivity contribution in [1.82, 2.24) is 23.9 Å². The number of hydrogen-bond acceptors (Lipinski definition) is 5. The molecule has 0 aromatic carbocycles. The van der Waals surface area contributed by atoms with Crippen LogP contribution in [0.4, 0.5) is 0 Å². The van der Waals surface area contributed by atoms with E-state index in [9.17, 15) is 9.59 Å². The fraction of sp³-hybridized carbons (Fsp3) is 0.474. The number of nitrogens with zero attached hydrogens (tertiary/aromatic N) is 5. The smallest absolute Gasteiger partial charge is 0.264 e. The Bertz CT molecular complexity index is 1070. The predicted octanol–water partition coefficient (Wildman–Crippen LogP) is 1.61. The number of carbonyl (C=O) groups is 1. The van der Waals surface area contributed by atoms with Crippen molar-refractivity contribution in [2.24, 2.45) is 7.05 Å². The maximum Gasteiger partial charge on any atom is 0.264 e. The van der Waals surface area contributed by atoms with Crippen LogP contribution in [0.15, 0.2) is 23.4 Å². The quantitative estimate of drug-likeness (QED) is 0.638. The molecule has 1 aliphatic rings. The standard InChI is InChI=1S/C19H23N5O3/c1-12-7-15(13(2)24(12)9-14-5-4-6-27-14)17(25)10-23-11-20-18-16(19(23)26)8-21-22(18)3/h7-8,11,14H,4-6,9-10H2,1-3H3/t14-/m1/s1.